The van der Waals surface area contributed by atoms with Gasteiger partial charge >= 0.3 is 0 Å². The Bertz CT molecular complexity index is 461. The molecule has 6 heteroatoms. The van der Waals surface area contributed by atoms with Crippen LogP contribution in [0.2, 0.25) is 0 Å². The van der Waals surface area contributed by atoms with Crippen molar-refractivity contribution in [2.75, 3.05) is 25.6 Å². The number of hydrogen-bond donors (Lipinski definition) is 1. The molecule has 5 nitrogen and oxygen atoms in total. The molecule has 2 rings (SSSR count). The molecule has 0 aromatic carbocycles. The van der Waals surface area contributed by atoms with Gasteiger partial charge in [0.15, 0.2) is 0 Å². The van der Waals surface area contributed by atoms with Gasteiger partial charge in [-0.25, -0.2) is 0 Å². The molecular weight excluding hydrogens is 268 g/mol. The van der Waals surface area contributed by atoms with Crippen LogP contribution in [0.4, 0.5) is 0 Å². The Balaban J connectivity index is 1.88. The Morgan fingerprint density at radius 1 is 1.42 bits per heavy atom. The lowest BCUT2D eigenvalue weighted by molar-refractivity contribution is 0.0154. The maximum Gasteiger partial charge on any atom is 0.255 e. The second-order valence-corrected chi connectivity index (χ2v) is 4.87. The molecule has 0 bridgehead atoms. The fourth-order valence-corrected chi connectivity index (χ4v) is 2.25. The number of aromatic nitrogens is 1. The molecule has 2 heterocycles. The van der Waals surface area contributed by atoms with E-state index in [1.807, 2.05) is 0 Å². The van der Waals surface area contributed by atoms with Crippen LogP contribution >= 0.6 is 11.6 Å². The van der Waals surface area contributed by atoms with E-state index in [1.54, 1.807) is 11.0 Å². The summed E-state index contributed by atoms with van der Waals surface area (Å²) in [7, 11) is 0. The van der Waals surface area contributed by atoms with E-state index in [9.17, 15) is 9.59 Å². The third kappa shape index (κ3) is 3.81. The number of H-pyrrole nitrogens is 1. The zero-order chi connectivity index (χ0) is 13.7. The lowest BCUT2D eigenvalue weighted by atomic mass is 10.1. The number of nitrogens with zero attached hydrogens (tertiary/aromatic N) is 1. The van der Waals surface area contributed by atoms with Crippen LogP contribution in [-0.4, -0.2) is 47.5 Å². The maximum atomic E-state index is 12.2. The highest BCUT2D eigenvalue weighted by molar-refractivity contribution is 6.17. The summed E-state index contributed by atoms with van der Waals surface area (Å²) in [4.78, 5) is 27.4. The van der Waals surface area contributed by atoms with E-state index < -0.39 is 0 Å². The number of carbonyl (C=O) groups is 1. The number of hydrogen-bond acceptors (Lipinski definition) is 3. The second-order valence-electron chi connectivity index (χ2n) is 4.49. The third-order valence-electron chi connectivity index (χ3n) is 3.19. The molecule has 0 unspecified atom stereocenters. The first-order chi connectivity index (χ1) is 9.20. The predicted molar refractivity (Wildman–Crippen MR) is 72.7 cm³/mol. The number of rotatable bonds is 4. The first-order valence-corrected chi connectivity index (χ1v) is 6.90. The first kappa shape index (κ1) is 14.1. The van der Waals surface area contributed by atoms with E-state index in [2.05, 4.69) is 4.98 Å². The van der Waals surface area contributed by atoms with Gasteiger partial charge in [0.2, 0.25) is 5.56 Å². The number of nitrogens with one attached hydrogen (secondary N) is 1. The van der Waals surface area contributed by atoms with Crippen LogP contribution in [0, 0.1) is 0 Å². The van der Waals surface area contributed by atoms with Crippen molar-refractivity contribution in [1.29, 1.82) is 0 Å². The predicted octanol–water partition coefficient (Wildman–Crippen LogP) is 1.23. The van der Waals surface area contributed by atoms with Crippen LogP contribution in [0.15, 0.2) is 23.1 Å². The van der Waals surface area contributed by atoms with E-state index in [0.717, 1.165) is 12.8 Å². The number of halogens is 1. The molecule has 0 radical (unpaired) electrons. The first-order valence-electron chi connectivity index (χ1n) is 6.36. The van der Waals surface area contributed by atoms with Gasteiger partial charge in [-0.05, 0) is 18.9 Å². The zero-order valence-corrected chi connectivity index (χ0v) is 11.4. The molecule has 1 aliphatic heterocycles. The average molecular weight is 285 g/mol. The number of alkyl halides is 1. The highest BCUT2D eigenvalue weighted by Gasteiger charge is 2.23. The van der Waals surface area contributed by atoms with Gasteiger partial charge in [-0.15, -0.1) is 11.6 Å². The molecule has 1 aromatic rings. The van der Waals surface area contributed by atoms with Gasteiger partial charge in [0.1, 0.15) is 0 Å². The molecule has 0 aliphatic carbocycles. The lowest BCUT2D eigenvalue weighted by Crippen LogP contribution is -2.41. The summed E-state index contributed by atoms with van der Waals surface area (Å²) in [6.07, 6.45) is 3.30. The minimum atomic E-state index is -0.204. The van der Waals surface area contributed by atoms with Crippen LogP contribution in [0.1, 0.15) is 23.2 Å². The number of likely N-dealkylation sites (tertiary alicyclic amines) is 1. The second kappa shape index (κ2) is 6.73. The zero-order valence-electron chi connectivity index (χ0n) is 10.6. The highest BCUT2D eigenvalue weighted by Crippen LogP contribution is 2.15. The van der Waals surface area contributed by atoms with Crippen molar-refractivity contribution in [3.63, 3.8) is 0 Å². The van der Waals surface area contributed by atoms with Crippen molar-refractivity contribution in [1.82, 2.24) is 9.88 Å². The smallest absolute Gasteiger partial charge is 0.255 e. The quantitative estimate of drug-likeness (QED) is 0.846. The van der Waals surface area contributed by atoms with E-state index in [0.29, 0.717) is 31.1 Å². The van der Waals surface area contributed by atoms with Crippen LogP contribution in [-0.2, 0) is 4.74 Å². The van der Waals surface area contributed by atoms with Crippen LogP contribution in [0.3, 0.4) is 0 Å². The summed E-state index contributed by atoms with van der Waals surface area (Å²) in [5.74, 6) is 0.448. The Labute approximate surface area is 116 Å². The number of aromatic amines is 1. The van der Waals surface area contributed by atoms with Crippen molar-refractivity contribution < 1.29 is 9.53 Å². The fourth-order valence-electron chi connectivity index (χ4n) is 2.16. The molecule has 19 heavy (non-hydrogen) atoms. The highest BCUT2D eigenvalue weighted by atomic mass is 35.5. The molecule has 104 valence electrons. The summed E-state index contributed by atoms with van der Waals surface area (Å²) in [6, 6.07) is 2.92. The van der Waals surface area contributed by atoms with Gasteiger partial charge in [-0.1, -0.05) is 0 Å². The molecule has 0 spiro atoms. The lowest BCUT2D eigenvalue weighted by Gasteiger charge is -2.31. The van der Waals surface area contributed by atoms with Crippen molar-refractivity contribution >= 4 is 17.5 Å². The van der Waals surface area contributed by atoms with Crippen LogP contribution in [0.5, 0.6) is 0 Å². The van der Waals surface area contributed by atoms with E-state index in [-0.39, 0.29) is 17.6 Å². The summed E-state index contributed by atoms with van der Waals surface area (Å²) >= 11 is 5.57. The minimum Gasteiger partial charge on any atom is -0.377 e. The molecule has 1 amide bonds. The van der Waals surface area contributed by atoms with Crippen molar-refractivity contribution in [3.8, 4) is 0 Å². The third-order valence-corrected chi connectivity index (χ3v) is 3.35. The molecule has 1 aromatic heterocycles. The van der Waals surface area contributed by atoms with Crippen molar-refractivity contribution in [3.05, 3.63) is 34.2 Å². The Hall–Kier alpha value is -1.33. The molecule has 1 fully saturated rings. The SMILES string of the molecule is O=C(c1ccc(=O)[nH]c1)N1CCC(OCCCl)CC1. The minimum absolute atomic E-state index is 0.0490. The summed E-state index contributed by atoms with van der Waals surface area (Å²) in [5, 5.41) is 0. The average Bonchev–Trinajstić information content (AvgIpc) is 2.46. The number of pyridine rings is 1. The van der Waals surface area contributed by atoms with Crippen molar-refractivity contribution in [2.24, 2.45) is 0 Å². The van der Waals surface area contributed by atoms with Crippen LogP contribution < -0.4 is 5.56 Å². The Morgan fingerprint density at radius 2 is 2.16 bits per heavy atom. The number of carbonyl (C=O) groups excluding carboxylic acids is 1. The molecule has 1 N–H and O–H groups in total. The number of amides is 1. The summed E-state index contributed by atoms with van der Waals surface area (Å²) in [6.45, 7) is 1.90. The molecular formula is C13H17ClN2O3. The Kier molecular flexibility index (Phi) is 4.99. The van der Waals surface area contributed by atoms with Crippen LogP contribution in [0.25, 0.3) is 0 Å². The van der Waals surface area contributed by atoms with E-state index >= 15 is 0 Å². The monoisotopic (exact) mass is 284 g/mol. The van der Waals surface area contributed by atoms with Gasteiger partial charge in [-0.3, -0.25) is 9.59 Å². The standard InChI is InChI=1S/C13H17ClN2O3/c14-5-8-19-11-3-6-16(7-4-11)13(18)10-1-2-12(17)15-9-10/h1-2,9,11H,3-8H2,(H,15,17). The summed E-state index contributed by atoms with van der Waals surface area (Å²) < 4.78 is 5.56. The topological polar surface area (TPSA) is 62.4 Å². The largest absolute Gasteiger partial charge is 0.377 e. The molecule has 1 aliphatic rings. The normalized spacial score (nSPS) is 16.6. The van der Waals surface area contributed by atoms with Gasteiger partial charge < -0.3 is 14.6 Å². The summed E-state index contributed by atoms with van der Waals surface area (Å²) in [5.41, 5.74) is 0.310. The number of piperidine rings is 1. The van der Waals surface area contributed by atoms with E-state index in [1.165, 1.54) is 12.3 Å². The van der Waals surface area contributed by atoms with Gasteiger partial charge in [0.25, 0.3) is 5.91 Å². The molecule has 1 saturated heterocycles. The molecule has 0 atom stereocenters. The van der Waals surface area contributed by atoms with Crippen molar-refractivity contribution in [2.45, 2.75) is 18.9 Å². The van der Waals surface area contributed by atoms with Gasteiger partial charge in [-0.2, -0.15) is 0 Å². The van der Waals surface area contributed by atoms with Gasteiger partial charge in [0, 0.05) is 31.2 Å². The van der Waals surface area contributed by atoms with E-state index in [4.69, 9.17) is 16.3 Å². The fraction of sp³-hybridized carbons (Fsp3) is 0.538. The maximum absolute atomic E-state index is 12.2. The molecule has 0 saturated carbocycles. The number of ether oxygens (including phenoxy) is 1. The van der Waals surface area contributed by atoms with Gasteiger partial charge in [0.05, 0.1) is 18.3 Å². The Morgan fingerprint density at radius 3 is 2.74 bits per heavy atom.